The Morgan fingerprint density at radius 3 is 2.64 bits per heavy atom. The van der Waals surface area contributed by atoms with Gasteiger partial charge >= 0.3 is 0 Å². The van der Waals surface area contributed by atoms with Gasteiger partial charge in [0.2, 0.25) is 0 Å². The number of benzene rings is 1. The van der Waals surface area contributed by atoms with Crippen LogP contribution in [0.3, 0.4) is 0 Å². The SMILES string of the molecule is CC1(Oc2cc(F)cc(Br)c2)CNC1. The highest BCUT2D eigenvalue weighted by Gasteiger charge is 2.33. The Hall–Kier alpha value is -0.610. The molecule has 2 nitrogen and oxygen atoms in total. The molecule has 1 aliphatic rings. The fourth-order valence-corrected chi connectivity index (χ4v) is 1.87. The monoisotopic (exact) mass is 259 g/mol. The van der Waals surface area contributed by atoms with E-state index in [0.29, 0.717) is 10.2 Å². The molecular weight excluding hydrogens is 249 g/mol. The zero-order valence-electron chi connectivity index (χ0n) is 7.81. The Labute approximate surface area is 90.6 Å². The molecule has 14 heavy (non-hydrogen) atoms. The van der Waals surface area contributed by atoms with E-state index < -0.39 is 0 Å². The second-order valence-corrected chi connectivity index (χ2v) is 4.68. The molecule has 0 aromatic heterocycles. The molecule has 1 heterocycles. The van der Waals surface area contributed by atoms with E-state index in [1.165, 1.54) is 12.1 Å². The first kappa shape index (κ1) is 9.93. The van der Waals surface area contributed by atoms with Crippen molar-refractivity contribution >= 4 is 15.9 Å². The molecule has 1 aromatic rings. The van der Waals surface area contributed by atoms with Crippen LogP contribution in [0.25, 0.3) is 0 Å². The van der Waals surface area contributed by atoms with Gasteiger partial charge in [-0.05, 0) is 19.1 Å². The van der Waals surface area contributed by atoms with Crippen molar-refractivity contribution in [3.8, 4) is 5.75 Å². The van der Waals surface area contributed by atoms with Crippen molar-refractivity contribution in [3.05, 3.63) is 28.5 Å². The molecule has 0 atom stereocenters. The molecule has 4 heteroatoms. The van der Waals surface area contributed by atoms with Gasteiger partial charge in [0.1, 0.15) is 17.2 Å². The van der Waals surface area contributed by atoms with Crippen LogP contribution in [0.2, 0.25) is 0 Å². The third kappa shape index (κ3) is 2.07. The number of ether oxygens (including phenoxy) is 1. The fraction of sp³-hybridized carbons (Fsp3) is 0.400. The maximum atomic E-state index is 13.0. The molecule has 0 aliphatic carbocycles. The summed E-state index contributed by atoms with van der Waals surface area (Å²) in [5.41, 5.74) is -0.187. The van der Waals surface area contributed by atoms with E-state index in [2.05, 4.69) is 21.2 Å². The van der Waals surface area contributed by atoms with Gasteiger partial charge in [0.25, 0.3) is 0 Å². The molecular formula is C10H11BrFNO. The zero-order valence-corrected chi connectivity index (χ0v) is 9.40. The molecule has 0 spiro atoms. The van der Waals surface area contributed by atoms with E-state index in [1.807, 2.05) is 6.92 Å². The van der Waals surface area contributed by atoms with Crippen molar-refractivity contribution in [3.63, 3.8) is 0 Å². The highest BCUT2D eigenvalue weighted by molar-refractivity contribution is 9.10. The summed E-state index contributed by atoms with van der Waals surface area (Å²) in [5.74, 6) is 0.283. The minimum absolute atomic E-state index is 0.187. The maximum absolute atomic E-state index is 13.0. The Kier molecular flexibility index (Phi) is 2.49. The van der Waals surface area contributed by atoms with Crippen molar-refractivity contribution in [2.24, 2.45) is 0 Å². The van der Waals surface area contributed by atoms with Crippen LogP contribution in [0, 0.1) is 5.82 Å². The average molecular weight is 260 g/mol. The quantitative estimate of drug-likeness (QED) is 0.881. The van der Waals surface area contributed by atoms with Gasteiger partial charge in [-0.1, -0.05) is 15.9 Å². The molecule has 0 amide bonds. The third-order valence-corrected chi connectivity index (χ3v) is 2.66. The molecule has 76 valence electrons. The second kappa shape index (κ2) is 3.51. The zero-order chi connectivity index (χ0) is 10.2. The predicted octanol–water partition coefficient (Wildman–Crippen LogP) is 2.33. The van der Waals surface area contributed by atoms with E-state index >= 15 is 0 Å². The van der Waals surface area contributed by atoms with Crippen molar-refractivity contribution < 1.29 is 9.13 Å². The van der Waals surface area contributed by atoms with E-state index in [-0.39, 0.29) is 11.4 Å². The summed E-state index contributed by atoms with van der Waals surface area (Å²) in [6.07, 6.45) is 0. The van der Waals surface area contributed by atoms with Crippen LogP contribution in [-0.2, 0) is 0 Å². The maximum Gasteiger partial charge on any atom is 0.131 e. The molecule has 0 unspecified atom stereocenters. The lowest BCUT2D eigenvalue weighted by atomic mass is 10.00. The molecule has 2 rings (SSSR count). The van der Waals surface area contributed by atoms with E-state index in [4.69, 9.17) is 4.74 Å². The Morgan fingerprint density at radius 2 is 2.14 bits per heavy atom. The first-order chi connectivity index (χ1) is 6.57. The van der Waals surface area contributed by atoms with Crippen LogP contribution >= 0.6 is 15.9 Å². The number of hydrogen-bond donors (Lipinski definition) is 1. The lowest BCUT2D eigenvalue weighted by Crippen LogP contribution is -2.61. The molecule has 0 saturated carbocycles. The summed E-state index contributed by atoms with van der Waals surface area (Å²) in [6, 6.07) is 4.58. The van der Waals surface area contributed by atoms with E-state index in [1.54, 1.807) is 6.07 Å². The third-order valence-electron chi connectivity index (χ3n) is 2.20. The van der Waals surface area contributed by atoms with Crippen LogP contribution in [0.15, 0.2) is 22.7 Å². The summed E-state index contributed by atoms with van der Waals surface area (Å²) in [4.78, 5) is 0. The van der Waals surface area contributed by atoms with Gasteiger partial charge in [-0.15, -0.1) is 0 Å². The smallest absolute Gasteiger partial charge is 0.131 e. The van der Waals surface area contributed by atoms with Crippen molar-refractivity contribution in [1.82, 2.24) is 5.32 Å². The normalized spacial score (nSPS) is 18.8. The summed E-state index contributed by atoms with van der Waals surface area (Å²) >= 11 is 3.22. The Bertz CT molecular complexity index is 332. The van der Waals surface area contributed by atoms with Gasteiger partial charge in [0.15, 0.2) is 0 Å². The van der Waals surface area contributed by atoms with Crippen LogP contribution < -0.4 is 10.1 Å². The topological polar surface area (TPSA) is 21.3 Å². The van der Waals surface area contributed by atoms with Crippen LogP contribution in [0.1, 0.15) is 6.92 Å². The highest BCUT2D eigenvalue weighted by Crippen LogP contribution is 2.25. The summed E-state index contributed by atoms with van der Waals surface area (Å²) in [6.45, 7) is 3.62. The molecule has 1 aliphatic heterocycles. The minimum Gasteiger partial charge on any atom is -0.485 e. The van der Waals surface area contributed by atoms with Gasteiger partial charge in [-0.3, -0.25) is 0 Å². The first-order valence-corrected chi connectivity index (χ1v) is 5.23. The Morgan fingerprint density at radius 1 is 1.43 bits per heavy atom. The lowest BCUT2D eigenvalue weighted by Gasteiger charge is -2.39. The fourth-order valence-electron chi connectivity index (χ4n) is 1.42. The number of rotatable bonds is 2. The lowest BCUT2D eigenvalue weighted by molar-refractivity contribution is 0.0345. The first-order valence-electron chi connectivity index (χ1n) is 4.43. The number of hydrogen-bond acceptors (Lipinski definition) is 2. The van der Waals surface area contributed by atoms with Crippen molar-refractivity contribution in [2.75, 3.05) is 13.1 Å². The van der Waals surface area contributed by atoms with Crippen LogP contribution in [0.4, 0.5) is 4.39 Å². The molecule has 1 N–H and O–H groups in total. The Balaban J connectivity index is 2.16. The van der Waals surface area contributed by atoms with Crippen LogP contribution in [0.5, 0.6) is 5.75 Å². The standard InChI is InChI=1S/C10H11BrFNO/c1-10(5-13-6-10)14-9-3-7(11)2-8(12)4-9/h2-4,13H,5-6H2,1H3. The van der Waals surface area contributed by atoms with Crippen molar-refractivity contribution in [1.29, 1.82) is 0 Å². The van der Waals surface area contributed by atoms with Crippen LogP contribution in [-0.4, -0.2) is 18.7 Å². The average Bonchev–Trinajstić information content (AvgIpc) is 1.99. The van der Waals surface area contributed by atoms with Gasteiger partial charge in [0.05, 0.1) is 0 Å². The molecule has 1 aromatic carbocycles. The molecule has 1 saturated heterocycles. The molecule has 1 fully saturated rings. The second-order valence-electron chi connectivity index (χ2n) is 3.76. The van der Waals surface area contributed by atoms with Gasteiger partial charge in [-0.2, -0.15) is 0 Å². The van der Waals surface area contributed by atoms with Gasteiger partial charge in [-0.25, -0.2) is 4.39 Å². The van der Waals surface area contributed by atoms with E-state index in [0.717, 1.165) is 13.1 Å². The summed E-state index contributed by atoms with van der Waals surface area (Å²) in [5, 5.41) is 3.12. The van der Waals surface area contributed by atoms with E-state index in [9.17, 15) is 4.39 Å². The van der Waals surface area contributed by atoms with Gasteiger partial charge < -0.3 is 10.1 Å². The summed E-state index contributed by atoms with van der Waals surface area (Å²) < 4.78 is 19.4. The largest absolute Gasteiger partial charge is 0.485 e. The molecule has 0 radical (unpaired) electrons. The highest BCUT2D eigenvalue weighted by atomic mass is 79.9. The minimum atomic E-state index is -0.287. The predicted molar refractivity (Wildman–Crippen MR) is 56.0 cm³/mol. The molecule has 0 bridgehead atoms. The van der Waals surface area contributed by atoms with Crippen molar-refractivity contribution in [2.45, 2.75) is 12.5 Å². The summed E-state index contributed by atoms with van der Waals surface area (Å²) in [7, 11) is 0. The number of halogens is 2. The number of nitrogens with one attached hydrogen (secondary N) is 1. The van der Waals surface area contributed by atoms with Gasteiger partial charge in [0, 0.05) is 23.6 Å².